The Morgan fingerprint density at radius 1 is 0.816 bits per heavy atom. The van der Waals surface area contributed by atoms with E-state index in [9.17, 15) is 19.2 Å². The summed E-state index contributed by atoms with van der Waals surface area (Å²) in [6.07, 6.45) is 35.3. The third-order valence-corrected chi connectivity index (χ3v) is 7.76. The van der Waals surface area contributed by atoms with Crippen LogP contribution in [0.25, 0.3) is 0 Å². The van der Waals surface area contributed by atoms with Crippen molar-refractivity contribution in [2.24, 2.45) is 0 Å². The normalized spacial score (nSPS) is 17.1. The van der Waals surface area contributed by atoms with Crippen LogP contribution in [0.2, 0.25) is 0 Å². The zero-order chi connectivity index (χ0) is 35.6. The van der Waals surface area contributed by atoms with Gasteiger partial charge in [-0.15, -0.1) is 0 Å². The van der Waals surface area contributed by atoms with Crippen LogP contribution in [-0.2, 0) is 34.3 Å². The Labute approximate surface area is 292 Å². The quantitative estimate of drug-likeness (QED) is 0.0698. The Morgan fingerprint density at radius 2 is 1.37 bits per heavy atom. The van der Waals surface area contributed by atoms with E-state index in [0.29, 0.717) is 44.2 Å². The molecule has 1 heterocycles. The van der Waals surface area contributed by atoms with Gasteiger partial charge in [0.2, 0.25) is 11.7 Å². The van der Waals surface area contributed by atoms with E-state index in [0.717, 1.165) is 44.6 Å². The topological polar surface area (TPSA) is 111 Å². The number of carbonyl (C=O) groups is 4. The number of benzene rings is 1. The molecule has 8 nitrogen and oxygen atoms in total. The lowest BCUT2D eigenvalue weighted by molar-refractivity contribution is -0.145. The van der Waals surface area contributed by atoms with Crippen LogP contribution >= 0.6 is 0 Å². The Balaban J connectivity index is 1.56. The van der Waals surface area contributed by atoms with Gasteiger partial charge in [-0.25, -0.2) is 4.79 Å². The number of ketones is 1. The van der Waals surface area contributed by atoms with Crippen molar-refractivity contribution in [3.63, 3.8) is 0 Å². The maximum atomic E-state index is 12.9. The van der Waals surface area contributed by atoms with Crippen LogP contribution in [-0.4, -0.2) is 43.3 Å². The Bertz CT molecular complexity index is 1390. The monoisotopic (exact) mass is 670 g/mol. The maximum absolute atomic E-state index is 12.9. The van der Waals surface area contributed by atoms with E-state index in [1.807, 2.05) is 12.1 Å². The summed E-state index contributed by atoms with van der Waals surface area (Å²) in [4.78, 5) is 50.1. The molecule has 1 aromatic rings. The molecule has 2 N–H and O–H groups in total. The summed E-state index contributed by atoms with van der Waals surface area (Å²) >= 11 is 0. The number of ether oxygens (including phenoxy) is 2. The average Bonchev–Trinajstić information content (AvgIpc) is 3.43. The zero-order valence-electron chi connectivity index (χ0n) is 29.4. The van der Waals surface area contributed by atoms with E-state index in [-0.39, 0.29) is 17.4 Å². The number of hydrogen-bond acceptors (Lipinski definition) is 6. The first-order chi connectivity index (χ1) is 23.8. The van der Waals surface area contributed by atoms with Gasteiger partial charge in [-0.2, -0.15) is 0 Å². The maximum Gasteiger partial charge on any atom is 0.328 e. The molecule has 2 amide bonds. The molecule has 2 rings (SSSR count). The summed E-state index contributed by atoms with van der Waals surface area (Å²) in [6, 6.07) is 8.01. The van der Waals surface area contributed by atoms with Gasteiger partial charge in [-0.1, -0.05) is 110 Å². The molecule has 0 aliphatic carbocycles. The van der Waals surface area contributed by atoms with Gasteiger partial charge < -0.3 is 20.1 Å². The second-order valence-corrected chi connectivity index (χ2v) is 11.7. The second kappa shape index (κ2) is 24.4. The summed E-state index contributed by atoms with van der Waals surface area (Å²) in [7, 11) is 1.25. The van der Waals surface area contributed by atoms with Crippen LogP contribution in [0.3, 0.4) is 0 Å². The predicted molar refractivity (Wildman–Crippen MR) is 196 cm³/mol. The SMILES string of the molecule is CCC=CCC=CCC=CCC=CCC=CCC=CCCC(=O)NCCCCC(NC(=O)C1=CC(=O)C(C)(c2ccccc2)O1)C(=O)OC. The number of amides is 2. The van der Waals surface area contributed by atoms with E-state index < -0.39 is 23.5 Å². The average molecular weight is 671 g/mol. The summed E-state index contributed by atoms with van der Waals surface area (Å²) < 4.78 is 10.6. The molecule has 0 fully saturated rings. The van der Waals surface area contributed by atoms with Gasteiger partial charge in [0.15, 0.2) is 11.4 Å². The van der Waals surface area contributed by atoms with Crippen molar-refractivity contribution in [3.05, 3.63) is 121 Å². The molecule has 0 saturated heterocycles. The molecule has 1 aliphatic rings. The molecule has 0 radical (unpaired) electrons. The van der Waals surface area contributed by atoms with Crippen molar-refractivity contribution in [3.8, 4) is 0 Å². The molecule has 0 saturated carbocycles. The van der Waals surface area contributed by atoms with E-state index in [2.05, 4.69) is 84.4 Å². The second-order valence-electron chi connectivity index (χ2n) is 11.7. The molecule has 8 heteroatoms. The van der Waals surface area contributed by atoms with Crippen molar-refractivity contribution >= 4 is 23.6 Å². The number of allylic oxidation sites excluding steroid dienone is 12. The van der Waals surface area contributed by atoms with Crippen LogP contribution < -0.4 is 10.6 Å². The number of esters is 1. The van der Waals surface area contributed by atoms with Crippen molar-refractivity contribution < 1.29 is 28.7 Å². The van der Waals surface area contributed by atoms with Gasteiger partial charge in [0.1, 0.15) is 6.04 Å². The summed E-state index contributed by atoms with van der Waals surface area (Å²) in [5.41, 5.74) is -0.679. The van der Waals surface area contributed by atoms with Gasteiger partial charge in [-0.05, 0) is 71.1 Å². The van der Waals surface area contributed by atoms with Crippen molar-refractivity contribution in [2.75, 3.05) is 13.7 Å². The number of methoxy groups -OCH3 is 1. The lowest BCUT2D eigenvalue weighted by Gasteiger charge is -2.24. The predicted octanol–water partition coefficient (Wildman–Crippen LogP) is 7.81. The molecule has 2 atom stereocenters. The zero-order valence-corrected chi connectivity index (χ0v) is 29.4. The van der Waals surface area contributed by atoms with Crippen LogP contribution in [0.15, 0.2) is 115 Å². The van der Waals surface area contributed by atoms with E-state index in [4.69, 9.17) is 9.47 Å². The minimum atomic E-state index is -1.31. The van der Waals surface area contributed by atoms with Crippen LogP contribution in [0.1, 0.15) is 90.0 Å². The van der Waals surface area contributed by atoms with Crippen LogP contribution in [0, 0.1) is 0 Å². The fourth-order valence-corrected chi connectivity index (χ4v) is 4.89. The van der Waals surface area contributed by atoms with Gasteiger partial charge in [0, 0.05) is 24.6 Å². The largest absolute Gasteiger partial charge is 0.469 e. The first-order valence-electron chi connectivity index (χ1n) is 17.4. The van der Waals surface area contributed by atoms with Crippen molar-refractivity contribution in [1.82, 2.24) is 10.6 Å². The molecule has 264 valence electrons. The van der Waals surface area contributed by atoms with E-state index in [1.54, 1.807) is 31.2 Å². The van der Waals surface area contributed by atoms with Crippen molar-refractivity contribution in [2.45, 2.75) is 96.1 Å². The highest BCUT2D eigenvalue weighted by atomic mass is 16.5. The van der Waals surface area contributed by atoms with Gasteiger partial charge in [0.25, 0.3) is 5.91 Å². The lowest BCUT2D eigenvalue weighted by Crippen LogP contribution is -2.42. The molecule has 2 unspecified atom stereocenters. The standard InChI is InChI=1S/C41H54N2O6/c1-4-5-6-7-8-9-10-11-12-13-14-15-16-17-18-19-20-21-25-31-38(45)42-32-27-26-30-35(40(47)48-3)43-39(46)36-33-37(44)41(2,49-36)34-28-23-22-24-29-34/h5-6,8-9,11-12,14-15,17-18,20-24,28-29,33,35H,4,7,10,13,16,19,25-27,30-32H2,1-3H3,(H,42,45)(H,43,46). The summed E-state index contributed by atoms with van der Waals surface area (Å²) in [5, 5.41) is 5.53. The number of hydrogen-bond donors (Lipinski definition) is 2. The molecule has 1 aromatic carbocycles. The minimum absolute atomic E-state index is 0.0335. The highest BCUT2D eigenvalue weighted by Crippen LogP contribution is 2.34. The molecular formula is C41H54N2O6. The fourth-order valence-electron chi connectivity index (χ4n) is 4.89. The highest BCUT2D eigenvalue weighted by Gasteiger charge is 2.44. The number of carbonyl (C=O) groups excluding carboxylic acids is 4. The smallest absolute Gasteiger partial charge is 0.328 e. The van der Waals surface area contributed by atoms with Gasteiger partial charge >= 0.3 is 5.97 Å². The lowest BCUT2D eigenvalue weighted by atomic mass is 9.92. The summed E-state index contributed by atoms with van der Waals surface area (Å²) in [5.74, 6) is -1.79. The molecular weight excluding hydrogens is 616 g/mol. The van der Waals surface area contributed by atoms with E-state index >= 15 is 0 Å². The molecule has 0 spiro atoms. The van der Waals surface area contributed by atoms with Crippen molar-refractivity contribution in [1.29, 1.82) is 0 Å². The molecule has 0 aromatic heterocycles. The number of unbranched alkanes of at least 4 members (excludes halogenated alkanes) is 1. The first-order valence-corrected chi connectivity index (χ1v) is 17.4. The van der Waals surface area contributed by atoms with Crippen LogP contribution in [0.5, 0.6) is 0 Å². The Morgan fingerprint density at radius 3 is 1.92 bits per heavy atom. The highest BCUT2D eigenvalue weighted by molar-refractivity contribution is 6.08. The Hall–Kier alpha value is -4.72. The minimum Gasteiger partial charge on any atom is -0.469 e. The van der Waals surface area contributed by atoms with Gasteiger partial charge in [-0.3, -0.25) is 14.4 Å². The Kier molecular flexibility index (Phi) is 20.2. The summed E-state index contributed by atoms with van der Waals surface area (Å²) in [6.45, 7) is 4.21. The fraction of sp³-hybridized carbons (Fsp3) is 0.415. The molecule has 49 heavy (non-hydrogen) atoms. The van der Waals surface area contributed by atoms with Gasteiger partial charge in [0.05, 0.1) is 7.11 Å². The third kappa shape index (κ3) is 16.3. The van der Waals surface area contributed by atoms with Crippen LogP contribution in [0.4, 0.5) is 0 Å². The number of rotatable bonds is 23. The molecule has 0 bridgehead atoms. The number of nitrogens with one attached hydrogen (secondary N) is 2. The third-order valence-electron chi connectivity index (χ3n) is 7.76. The first kappa shape index (κ1) is 40.5. The molecule has 1 aliphatic heterocycles. The van der Waals surface area contributed by atoms with E-state index in [1.165, 1.54) is 7.11 Å².